The lowest BCUT2D eigenvalue weighted by Gasteiger charge is -2.10. The van der Waals surface area contributed by atoms with Gasteiger partial charge in [-0.1, -0.05) is 13.3 Å². The van der Waals surface area contributed by atoms with Crippen molar-refractivity contribution in [3.05, 3.63) is 58.3 Å². The van der Waals surface area contributed by atoms with Gasteiger partial charge in [0.05, 0.1) is 17.7 Å². The largest absolute Gasteiger partial charge is 0.462 e. The van der Waals surface area contributed by atoms with Gasteiger partial charge in [0, 0.05) is 22.6 Å². The van der Waals surface area contributed by atoms with Gasteiger partial charge in [0.2, 0.25) is 0 Å². The first-order valence-corrected chi connectivity index (χ1v) is 9.19. The molecule has 1 aromatic carbocycles. The summed E-state index contributed by atoms with van der Waals surface area (Å²) in [5.41, 5.74) is 1.49. The minimum atomic E-state index is -0.368. The highest BCUT2D eigenvalue weighted by Gasteiger charge is 2.10. The molecule has 6 nitrogen and oxygen atoms in total. The maximum absolute atomic E-state index is 12.1. The van der Waals surface area contributed by atoms with Crippen LogP contribution in [0.3, 0.4) is 0 Å². The highest BCUT2D eigenvalue weighted by atomic mass is 79.9. The van der Waals surface area contributed by atoms with Gasteiger partial charge in [-0.05, 0) is 64.9 Å². The van der Waals surface area contributed by atoms with Crippen LogP contribution in [0, 0.1) is 0 Å². The predicted molar refractivity (Wildman–Crippen MR) is 107 cm³/mol. The van der Waals surface area contributed by atoms with Crippen LogP contribution in [0.15, 0.2) is 47.2 Å². The summed E-state index contributed by atoms with van der Waals surface area (Å²) in [4.78, 5) is 27.9. The molecule has 0 radical (unpaired) electrons. The summed E-state index contributed by atoms with van der Waals surface area (Å²) in [6.07, 6.45) is 4.84. The van der Waals surface area contributed by atoms with Gasteiger partial charge in [-0.2, -0.15) is 0 Å². The Balaban J connectivity index is 1.89. The van der Waals surface area contributed by atoms with Crippen LogP contribution in [0.5, 0.6) is 0 Å². The summed E-state index contributed by atoms with van der Waals surface area (Å²) in [5, 5.41) is 5.61. The molecule has 2 N–H and O–H groups in total. The Kier molecular flexibility index (Phi) is 7.68. The smallest absolute Gasteiger partial charge is 0.338 e. The Morgan fingerprint density at radius 2 is 1.92 bits per heavy atom. The molecular formula is C18H18BrN3O3S. The second kappa shape index (κ2) is 9.98. The lowest BCUT2D eigenvalue weighted by molar-refractivity contribution is 0.0499. The Morgan fingerprint density at radius 1 is 1.19 bits per heavy atom. The molecule has 0 spiro atoms. The molecule has 1 heterocycles. The second-order valence-corrected chi connectivity index (χ2v) is 6.69. The van der Waals surface area contributed by atoms with E-state index in [4.69, 9.17) is 17.0 Å². The molecule has 0 aliphatic carbocycles. The number of carbonyl (C=O) groups is 2. The number of esters is 1. The summed E-state index contributed by atoms with van der Waals surface area (Å²) in [6, 6.07) is 8.30. The van der Waals surface area contributed by atoms with E-state index in [0.29, 0.717) is 27.9 Å². The number of nitrogens with one attached hydrogen (secondary N) is 2. The molecule has 26 heavy (non-hydrogen) atoms. The van der Waals surface area contributed by atoms with E-state index in [1.54, 1.807) is 36.5 Å². The number of aromatic nitrogens is 1. The first-order valence-electron chi connectivity index (χ1n) is 7.99. The van der Waals surface area contributed by atoms with E-state index in [9.17, 15) is 9.59 Å². The van der Waals surface area contributed by atoms with Crippen molar-refractivity contribution in [2.24, 2.45) is 0 Å². The number of halogens is 1. The van der Waals surface area contributed by atoms with Gasteiger partial charge in [0.15, 0.2) is 5.11 Å². The molecule has 2 rings (SSSR count). The topological polar surface area (TPSA) is 80.3 Å². The zero-order chi connectivity index (χ0) is 18.9. The minimum absolute atomic E-state index is 0.147. The van der Waals surface area contributed by atoms with E-state index < -0.39 is 0 Å². The zero-order valence-electron chi connectivity index (χ0n) is 14.1. The Bertz CT molecular complexity index is 797. The molecule has 0 fully saturated rings. The van der Waals surface area contributed by atoms with Crippen LogP contribution in [0.1, 0.15) is 40.5 Å². The molecule has 0 saturated heterocycles. The molecular weight excluding hydrogens is 418 g/mol. The minimum Gasteiger partial charge on any atom is -0.462 e. The summed E-state index contributed by atoms with van der Waals surface area (Å²) in [5.74, 6) is -0.726. The second-order valence-electron chi connectivity index (χ2n) is 5.37. The van der Waals surface area contributed by atoms with E-state index in [2.05, 4.69) is 31.5 Å². The number of hydrogen-bond donors (Lipinski definition) is 2. The normalized spacial score (nSPS) is 10.1. The third kappa shape index (κ3) is 6.20. The van der Waals surface area contributed by atoms with Crippen LogP contribution < -0.4 is 10.6 Å². The summed E-state index contributed by atoms with van der Waals surface area (Å²) < 4.78 is 5.85. The van der Waals surface area contributed by atoms with Gasteiger partial charge in [0.1, 0.15) is 0 Å². The number of ether oxygens (including phenoxy) is 1. The Morgan fingerprint density at radius 3 is 2.58 bits per heavy atom. The van der Waals surface area contributed by atoms with Gasteiger partial charge < -0.3 is 10.1 Å². The van der Waals surface area contributed by atoms with Crippen LogP contribution in [0.4, 0.5) is 5.69 Å². The fourth-order valence-corrected chi connectivity index (χ4v) is 2.53. The molecule has 1 aromatic heterocycles. The molecule has 8 heteroatoms. The third-order valence-corrected chi connectivity index (χ3v) is 3.94. The lowest BCUT2D eigenvalue weighted by atomic mass is 10.2. The van der Waals surface area contributed by atoms with Crippen molar-refractivity contribution in [2.45, 2.75) is 19.8 Å². The number of anilines is 1. The van der Waals surface area contributed by atoms with Crippen molar-refractivity contribution in [2.75, 3.05) is 11.9 Å². The molecule has 0 bridgehead atoms. The molecule has 0 aliphatic rings. The number of benzene rings is 1. The molecule has 136 valence electrons. The SMILES string of the molecule is CCCCOC(=O)c1ccc(NC(=S)NC(=O)c2cncc(Br)c2)cc1. The third-order valence-electron chi connectivity index (χ3n) is 3.30. The zero-order valence-corrected chi connectivity index (χ0v) is 16.5. The Hall–Kier alpha value is -2.32. The highest BCUT2D eigenvalue weighted by molar-refractivity contribution is 9.10. The number of nitrogens with zero attached hydrogens (tertiary/aromatic N) is 1. The van der Waals surface area contributed by atoms with E-state index in [1.807, 2.05) is 6.92 Å². The standard InChI is InChI=1S/C18H18BrN3O3S/c1-2-3-8-25-17(24)12-4-6-15(7-5-12)21-18(26)22-16(23)13-9-14(19)11-20-10-13/h4-7,9-11H,2-3,8H2,1H3,(H2,21,22,23,26). The van der Waals surface area contributed by atoms with Crippen molar-refractivity contribution in [1.82, 2.24) is 10.3 Å². The predicted octanol–water partition coefficient (Wildman–Crippen LogP) is 3.93. The number of thiocarbonyl (C=S) groups is 1. The average Bonchev–Trinajstić information content (AvgIpc) is 2.62. The van der Waals surface area contributed by atoms with Gasteiger partial charge in [0.25, 0.3) is 5.91 Å². The van der Waals surface area contributed by atoms with E-state index in [-0.39, 0.29) is 17.0 Å². The van der Waals surface area contributed by atoms with Crippen LogP contribution in [-0.2, 0) is 4.74 Å². The summed E-state index contributed by atoms with van der Waals surface area (Å²) in [6.45, 7) is 2.44. The van der Waals surface area contributed by atoms with Crippen LogP contribution >= 0.6 is 28.1 Å². The fraction of sp³-hybridized carbons (Fsp3) is 0.222. The first-order chi connectivity index (χ1) is 12.5. The monoisotopic (exact) mass is 435 g/mol. The van der Waals surface area contributed by atoms with E-state index >= 15 is 0 Å². The molecule has 0 aliphatic heterocycles. The quantitative estimate of drug-likeness (QED) is 0.406. The van der Waals surface area contributed by atoms with Crippen molar-refractivity contribution >= 4 is 50.8 Å². The van der Waals surface area contributed by atoms with Crippen molar-refractivity contribution < 1.29 is 14.3 Å². The molecule has 0 atom stereocenters. The average molecular weight is 436 g/mol. The van der Waals surface area contributed by atoms with Gasteiger partial charge in [-0.15, -0.1) is 0 Å². The molecule has 2 aromatic rings. The fourth-order valence-electron chi connectivity index (χ4n) is 1.96. The van der Waals surface area contributed by atoms with E-state index in [0.717, 1.165) is 12.8 Å². The molecule has 0 unspecified atom stereocenters. The summed E-state index contributed by atoms with van der Waals surface area (Å²) in [7, 11) is 0. The van der Waals surface area contributed by atoms with Crippen LogP contribution in [0.2, 0.25) is 0 Å². The van der Waals surface area contributed by atoms with Gasteiger partial charge in [-0.3, -0.25) is 15.1 Å². The lowest BCUT2D eigenvalue weighted by Crippen LogP contribution is -2.34. The van der Waals surface area contributed by atoms with Gasteiger partial charge >= 0.3 is 5.97 Å². The number of rotatable bonds is 6. The Labute approximate surface area is 165 Å². The van der Waals surface area contributed by atoms with E-state index in [1.165, 1.54) is 6.20 Å². The number of hydrogen-bond acceptors (Lipinski definition) is 5. The highest BCUT2D eigenvalue weighted by Crippen LogP contribution is 2.12. The van der Waals surface area contributed by atoms with Crippen LogP contribution in [0.25, 0.3) is 0 Å². The number of carbonyl (C=O) groups excluding carboxylic acids is 2. The maximum atomic E-state index is 12.1. The van der Waals surface area contributed by atoms with Crippen molar-refractivity contribution in [1.29, 1.82) is 0 Å². The summed E-state index contributed by atoms with van der Waals surface area (Å²) >= 11 is 8.39. The number of unbranched alkanes of at least 4 members (excludes halogenated alkanes) is 1. The number of amides is 1. The van der Waals surface area contributed by atoms with Crippen LogP contribution in [-0.4, -0.2) is 28.6 Å². The van der Waals surface area contributed by atoms with Gasteiger partial charge in [-0.25, -0.2) is 4.79 Å². The van der Waals surface area contributed by atoms with Crippen molar-refractivity contribution in [3.63, 3.8) is 0 Å². The molecule has 0 saturated carbocycles. The van der Waals surface area contributed by atoms with Crippen molar-refractivity contribution in [3.8, 4) is 0 Å². The molecule has 1 amide bonds. The number of pyridine rings is 1. The first kappa shape index (κ1) is 20.0. The maximum Gasteiger partial charge on any atom is 0.338 e.